The van der Waals surface area contributed by atoms with E-state index in [-0.39, 0.29) is 30.9 Å². The van der Waals surface area contributed by atoms with E-state index in [1.165, 1.54) is 6.33 Å². The highest BCUT2D eigenvalue weighted by Crippen LogP contribution is 2.30. The number of nitrogens with zero attached hydrogens (tertiary/aromatic N) is 3. The van der Waals surface area contributed by atoms with Crippen LogP contribution in [0.5, 0.6) is 11.5 Å². The van der Waals surface area contributed by atoms with E-state index in [2.05, 4.69) is 20.7 Å². The molecule has 0 unspecified atom stereocenters. The molecular formula is C20H19N5O4. The average Bonchev–Trinajstić information content (AvgIpc) is 3.20. The van der Waals surface area contributed by atoms with Crippen molar-refractivity contribution < 1.29 is 19.1 Å². The lowest BCUT2D eigenvalue weighted by Gasteiger charge is -2.24. The van der Waals surface area contributed by atoms with Crippen LogP contribution in [-0.2, 0) is 9.59 Å². The SMILES string of the molecule is COc1cccc(NC(=O)COc2cccc([C@H]3CC(=O)Nc4ncnn43)c2)c1. The molecule has 2 N–H and O–H groups in total. The number of methoxy groups -OCH3 is 1. The predicted molar refractivity (Wildman–Crippen MR) is 105 cm³/mol. The van der Waals surface area contributed by atoms with Gasteiger partial charge in [0.1, 0.15) is 17.8 Å². The molecule has 4 rings (SSSR count). The fourth-order valence-corrected chi connectivity index (χ4v) is 3.12. The molecule has 0 saturated carbocycles. The zero-order valence-corrected chi connectivity index (χ0v) is 15.7. The largest absolute Gasteiger partial charge is 0.497 e. The summed E-state index contributed by atoms with van der Waals surface area (Å²) in [6.07, 6.45) is 1.65. The van der Waals surface area contributed by atoms with Gasteiger partial charge in [0.25, 0.3) is 5.91 Å². The Bertz CT molecular complexity index is 1050. The van der Waals surface area contributed by atoms with Gasteiger partial charge in [-0.25, -0.2) is 4.68 Å². The number of rotatable bonds is 6. The van der Waals surface area contributed by atoms with Gasteiger partial charge in [-0.15, -0.1) is 0 Å². The number of nitrogens with one attached hydrogen (secondary N) is 2. The van der Waals surface area contributed by atoms with Crippen molar-refractivity contribution in [3.05, 3.63) is 60.4 Å². The summed E-state index contributed by atoms with van der Waals surface area (Å²) in [6, 6.07) is 14.1. The van der Waals surface area contributed by atoms with E-state index >= 15 is 0 Å². The van der Waals surface area contributed by atoms with Crippen LogP contribution in [-0.4, -0.2) is 40.3 Å². The molecule has 2 aromatic carbocycles. The summed E-state index contributed by atoms with van der Waals surface area (Å²) in [5.74, 6) is 1.17. The first kappa shape index (κ1) is 18.5. The molecule has 3 aromatic rings. The Hall–Kier alpha value is -3.88. The lowest BCUT2D eigenvalue weighted by atomic mass is 10.0. The highest BCUT2D eigenvalue weighted by Gasteiger charge is 2.27. The molecule has 0 radical (unpaired) electrons. The molecular weight excluding hydrogens is 374 g/mol. The number of aromatic nitrogens is 3. The Kier molecular flexibility index (Phi) is 5.10. The molecule has 9 nitrogen and oxygen atoms in total. The van der Waals surface area contributed by atoms with Gasteiger partial charge >= 0.3 is 0 Å². The van der Waals surface area contributed by atoms with Crippen molar-refractivity contribution in [1.82, 2.24) is 14.8 Å². The molecule has 0 bridgehead atoms. The number of anilines is 2. The number of benzene rings is 2. The smallest absolute Gasteiger partial charge is 0.262 e. The maximum Gasteiger partial charge on any atom is 0.262 e. The van der Waals surface area contributed by atoms with Gasteiger partial charge in [0, 0.05) is 11.8 Å². The number of hydrogen-bond donors (Lipinski definition) is 2. The third-order valence-electron chi connectivity index (χ3n) is 4.46. The average molecular weight is 393 g/mol. The minimum absolute atomic E-state index is 0.125. The summed E-state index contributed by atoms with van der Waals surface area (Å²) < 4.78 is 12.4. The van der Waals surface area contributed by atoms with E-state index in [1.807, 2.05) is 12.1 Å². The van der Waals surface area contributed by atoms with Gasteiger partial charge in [-0.1, -0.05) is 18.2 Å². The Morgan fingerprint density at radius 1 is 1.24 bits per heavy atom. The normalized spacial score (nSPS) is 15.2. The highest BCUT2D eigenvalue weighted by atomic mass is 16.5. The van der Waals surface area contributed by atoms with Gasteiger partial charge in [-0.2, -0.15) is 10.1 Å². The van der Waals surface area contributed by atoms with Gasteiger partial charge in [0.2, 0.25) is 11.9 Å². The van der Waals surface area contributed by atoms with Crippen LogP contribution in [0.2, 0.25) is 0 Å². The van der Waals surface area contributed by atoms with E-state index in [1.54, 1.807) is 48.2 Å². The first-order valence-electron chi connectivity index (χ1n) is 8.98. The Morgan fingerprint density at radius 2 is 2.07 bits per heavy atom. The van der Waals surface area contributed by atoms with Crippen molar-refractivity contribution in [3.63, 3.8) is 0 Å². The molecule has 9 heteroatoms. The van der Waals surface area contributed by atoms with Crippen molar-refractivity contribution in [2.45, 2.75) is 12.5 Å². The molecule has 0 aliphatic carbocycles. The van der Waals surface area contributed by atoms with Crippen LogP contribution < -0.4 is 20.1 Å². The molecule has 1 aromatic heterocycles. The van der Waals surface area contributed by atoms with Gasteiger partial charge < -0.3 is 14.8 Å². The number of fused-ring (bicyclic) bond motifs is 1. The second kappa shape index (κ2) is 8.01. The standard InChI is InChI=1S/C20H19N5O4/c1-28-15-6-3-5-14(9-15)23-19(27)11-29-16-7-2-4-13(8-16)17-10-18(26)24-20-21-12-22-25(17)20/h2-9,12,17H,10-11H2,1H3,(H,23,27)(H,21,22,24,26)/t17-/m1/s1. The van der Waals surface area contributed by atoms with E-state index in [9.17, 15) is 9.59 Å². The fourth-order valence-electron chi connectivity index (χ4n) is 3.12. The number of carbonyl (C=O) groups excluding carboxylic acids is 2. The van der Waals surface area contributed by atoms with Crippen LogP contribution >= 0.6 is 0 Å². The van der Waals surface area contributed by atoms with Crippen LogP contribution in [0.25, 0.3) is 0 Å². The Balaban J connectivity index is 1.42. The first-order chi connectivity index (χ1) is 14.1. The van der Waals surface area contributed by atoms with Crippen LogP contribution in [0.1, 0.15) is 18.0 Å². The monoisotopic (exact) mass is 393 g/mol. The quantitative estimate of drug-likeness (QED) is 0.665. The van der Waals surface area contributed by atoms with E-state index in [4.69, 9.17) is 9.47 Å². The molecule has 29 heavy (non-hydrogen) atoms. The number of amides is 2. The summed E-state index contributed by atoms with van der Waals surface area (Å²) in [5.41, 5.74) is 1.47. The van der Waals surface area contributed by atoms with Crippen molar-refractivity contribution in [3.8, 4) is 11.5 Å². The maximum absolute atomic E-state index is 12.2. The Labute approximate surface area is 166 Å². The molecule has 0 spiro atoms. The minimum atomic E-state index is -0.292. The minimum Gasteiger partial charge on any atom is -0.497 e. The molecule has 148 valence electrons. The fraction of sp³-hybridized carbons (Fsp3) is 0.200. The molecule has 2 amide bonds. The van der Waals surface area contributed by atoms with Gasteiger partial charge in [-0.3, -0.25) is 14.9 Å². The van der Waals surface area contributed by atoms with Gasteiger partial charge in [0.15, 0.2) is 6.61 Å². The van der Waals surface area contributed by atoms with Crippen molar-refractivity contribution in [2.24, 2.45) is 0 Å². The zero-order chi connectivity index (χ0) is 20.2. The summed E-state index contributed by atoms with van der Waals surface area (Å²) >= 11 is 0. The molecule has 1 aliphatic heterocycles. The topological polar surface area (TPSA) is 107 Å². The van der Waals surface area contributed by atoms with Crippen LogP contribution in [0, 0.1) is 0 Å². The number of carbonyl (C=O) groups is 2. The van der Waals surface area contributed by atoms with Gasteiger partial charge in [-0.05, 0) is 29.8 Å². The third kappa shape index (κ3) is 4.18. The van der Waals surface area contributed by atoms with E-state index in [0.29, 0.717) is 23.1 Å². The second-order valence-corrected chi connectivity index (χ2v) is 6.44. The van der Waals surface area contributed by atoms with Crippen molar-refractivity contribution >= 4 is 23.5 Å². The summed E-state index contributed by atoms with van der Waals surface area (Å²) in [6.45, 7) is -0.152. The van der Waals surface area contributed by atoms with Crippen LogP contribution in [0.3, 0.4) is 0 Å². The van der Waals surface area contributed by atoms with Crippen LogP contribution in [0.15, 0.2) is 54.9 Å². The van der Waals surface area contributed by atoms with Crippen LogP contribution in [0.4, 0.5) is 11.6 Å². The van der Waals surface area contributed by atoms with E-state index < -0.39 is 0 Å². The Morgan fingerprint density at radius 3 is 2.93 bits per heavy atom. The molecule has 1 atom stereocenters. The molecule has 2 heterocycles. The second-order valence-electron chi connectivity index (χ2n) is 6.44. The lowest BCUT2D eigenvalue weighted by Crippen LogP contribution is -2.29. The van der Waals surface area contributed by atoms with E-state index in [0.717, 1.165) is 5.56 Å². The molecule has 0 fully saturated rings. The number of ether oxygens (including phenoxy) is 2. The highest BCUT2D eigenvalue weighted by molar-refractivity contribution is 5.92. The summed E-state index contributed by atoms with van der Waals surface area (Å²) in [7, 11) is 1.56. The number of hydrogen-bond acceptors (Lipinski definition) is 6. The maximum atomic E-state index is 12.2. The van der Waals surface area contributed by atoms with Crippen molar-refractivity contribution in [1.29, 1.82) is 0 Å². The molecule has 1 aliphatic rings. The van der Waals surface area contributed by atoms with Gasteiger partial charge in [0.05, 0.1) is 19.6 Å². The zero-order valence-electron chi connectivity index (χ0n) is 15.7. The first-order valence-corrected chi connectivity index (χ1v) is 8.98. The predicted octanol–water partition coefficient (Wildman–Crippen LogP) is 2.24. The molecule has 0 saturated heterocycles. The summed E-state index contributed by atoms with van der Waals surface area (Å²) in [5, 5.41) is 9.63. The lowest BCUT2D eigenvalue weighted by molar-refractivity contribution is -0.118. The van der Waals surface area contributed by atoms with Crippen molar-refractivity contribution in [2.75, 3.05) is 24.4 Å². The third-order valence-corrected chi connectivity index (χ3v) is 4.46. The summed E-state index contributed by atoms with van der Waals surface area (Å²) in [4.78, 5) is 28.2.